The first kappa shape index (κ1) is 18.3. The van der Waals surface area contributed by atoms with E-state index in [-0.39, 0.29) is 11.8 Å². The fraction of sp³-hybridized carbons (Fsp3) is 0.381. The molecule has 1 atom stereocenters. The second kappa shape index (κ2) is 8.72. The average Bonchev–Trinajstić information content (AvgIpc) is 3.21. The molecule has 5 nitrogen and oxygen atoms in total. The Morgan fingerprint density at radius 3 is 2.35 bits per heavy atom. The summed E-state index contributed by atoms with van der Waals surface area (Å²) in [7, 11) is 3.29. The van der Waals surface area contributed by atoms with Crippen molar-refractivity contribution >= 4 is 6.21 Å². The highest BCUT2D eigenvalue weighted by atomic mass is 16.5. The van der Waals surface area contributed by atoms with Crippen LogP contribution in [-0.4, -0.2) is 50.1 Å². The van der Waals surface area contributed by atoms with Crippen LogP contribution >= 0.6 is 0 Å². The van der Waals surface area contributed by atoms with Crippen molar-refractivity contribution in [3.8, 4) is 17.2 Å². The van der Waals surface area contributed by atoms with Gasteiger partial charge in [0.1, 0.15) is 17.2 Å². The van der Waals surface area contributed by atoms with Crippen molar-refractivity contribution in [2.45, 2.75) is 18.9 Å². The number of phenols is 1. The standard InChI is InChI=1S/C21H26N2O3/c1-25-18-7-5-16(6-8-18)20(23-11-3-4-12-23)15-22-14-17-13-19(26-2)9-10-21(17)24/h5-10,13-14,20,24H,3-4,11-12,15H2,1-2H3/t20-/m1/s1. The number of likely N-dealkylation sites (tertiary alicyclic amines) is 1. The summed E-state index contributed by atoms with van der Waals surface area (Å²) in [6, 6.07) is 13.6. The largest absolute Gasteiger partial charge is 0.507 e. The molecular formula is C21H26N2O3. The van der Waals surface area contributed by atoms with Gasteiger partial charge < -0.3 is 14.6 Å². The van der Waals surface area contributed by atoms with Gasteiger partial charge in [0.15, 0.2) is 0 Å². The smallest absolute Gasteiger partial charge is 0.124 e. The van der Waals surface area contributed by atoms with Crippen LogP contribution in [0.2, 0.25) is 0 Å². The zero-order chi connectivity index (χ0) is 18.4. The Labute approximate surface area is 154 Å². The van der Waals surface area contributed by atoms with Gasteiger partial charge in [0, 0.05) is 11.8 Å². The number of aliphatic imine (C=N–C) groups is 1. The SMILES string of the molecule is COc1ccc([C@@H](CN=Cc2cc(OC)ccc2O)N2CCCC2)cc1. The van der Waals surface area contributed by atoms with Gasteiger partial charge in [-0.25, -0.2) is 0 Å². The van der Waals surface area contributed by atoms with Gasteiger partial charge in [0.05, 0.1) is 26.8 Å². The van der Waals surface area contributed by atoms with E-state index >= 15 is 0 Å². The van der Waals surface area contributed by atoms with Crippen molar-refractivity contribution in [2.24, 2.45) is 4.99 Å². The van der Waals surface area contributed by atoms with Gasteiger partial charge in [-0.1, -0.05) is 12.1 Å². The van der Waals surface area contributed by atoms with Crippen LogP contribution in [0.25, 0.3) is 0 Å². The molecule has 0 saturated carbocycles. The van der Waals surface area contributed by atoms with Crippen LogP contribution in [0.5, 0.6) is 17.2 Å². The molecule has 138 valence electrons. The van der Waals surface area contributed by atoms with Crippen LogP contribution in [0.15, 0.2) is 47.5 Å². The molecule has 5 heteroatoms. The number of hydrogen-bond acceptors (Lipinski definition) is 5. The fourth-order valence-electron chi connectivity index (χ4n) is 3.32. The van der Waals surface area contributed by atoms with Gasteiger partial charge in [-0.3, -0.25) is 9.89 Å². The van der Waals surface area contributed by atoms with Gasteiger partial charge in [-0.2, -0.15) is 0 Å². The lowest BCUT2D eigenvalue weighted by atomic mass is 10.1. The number of aromatic hydroxyl groups is 1. The van der Waals surface area contributed by atoms with E-state index in [1.165, 1.54) is 18.4 Å². The number of methoxy groups -OCH3 is 2. The van der Waals surface area contributed by atoms with Crippen molar-refractivity contribution in [1.82, 2.24) is 4.90 Å². The second-order valence-corrected chi connectivity index (χ2v) is 6.45. The zero-order valence-electron chi connectivity index (χ0n) is 15.4. The highest BCUT2D eigenvalue weighted by molar-refractivity contribution is 5.84. The minimum Gasteiger partial charge on any atom is -0.507 e. The molecule has 2 aromatic carbocycles. The number of rotatable bonds is 7. The summed E-state index contributed by atoms with van der Waals surface area (Å²) < 4.78 is 10.5. The van der Waals surface area contributed by atoms with Gasteiger partial charge in [-0.05, 0) is 61.8 Å². The zero-order valence-corrected chi connectivity index (χ0v) is 15.4. The van der Waals surface area contributed by atoms with Gasteiger partial charge in [-0.15, -0.1) is 0 Å². The number of phenolic OH excluding ortho intramolecular Hbond substituents is 1. The van der Waals surface area contributed by atoms with Gasteiger partial charge in [0.25, 0.3) is 0 Å². The minimum absolute atomic E-state index is 0.205. The first-order chi connectivity index (χ1) is 12.7. The molecule has 26 heavy (non-hydrogen) atoms. The van der Waals surface area contributed by atoms with E-state index in [1.807, 2.05) is 12.1 Å². The number of benzene rings is 2. The quantitative estimate of drug-likeness (QED) is 0.771. The van der Waals surface area contributed by atoms with Crippen molar-refractivity contribution in [2.75, 3.05) is 33.9 Å². The first-order valence-electron chi connectivity index (χ1n) is 8.96. The van der Waals surface area contributed by atoms with Crippen LogP contribution in [0.4, 0.5) is 0 Å². The lowest BCUT2D eigenvalue weighted by molar-refractivity contribution is 0.252. The highest BCUT2D eigenvalue weighted by Crippen LogP contribution is 2.27. The van der Waals surface area contributed by atoms with Crippen molar-refractivity contribution in [3.63, 3.8) is 0 Å². The Morgan fingerprint density at radius 2 is 1.69 bits per heavy atom. The topological polar surface area (TPSA) is 54.3 Å². The summed E-state index contributed by atoms with van der Waals surface area (Å²) in [5.74, 6) is 1.77. The Kier molecular flexibility index (Phi) is 6.12. The molecule has 1 saturated heterocycles. The molecule has 1 heterocycles. The Morgan fingerprint density at radius 1 is 1.04 bits per heavy atom. The third-order valence-corrected chi connectivity index (χ3v) is 4.83. The second-order valence-electron chi connectivity index (χ2n) is 6.45. The summed E-state index contributed by atoms with van der Waals surface area (Å²) >= 11 is 0. The molecule has 0 aliphatic carbocycles. The predicted octanol–water partition coefficient (Wildman–Crippen LogP) is 3.67. The molecular weight excluding hydrogens is 328 g/mol. The summed E-state index contributed by atoms with van der Waals surface area (Å²) in [5, 5.41) is 10.0. The van der Waals surface area contributed by atoms with Crippen molar-refractivity contribution in [1.29, 1.82) is 0 Å². The van der Waals surface area contributed by atoms with E-state index in [2.05, 4.69) is 22.0 Å². The molecule has 0 unspecified atom stereocenters. The summed E-state index contributed by atoms with van der Waals surface area (Å²) in [5.41, 5.74) is 1.90. The molecule has 2 aromatic rings. The molecule has 1 fully saturated rings. The molecule has 1 aliphatic heterocycles. The van der Waals surface area contributed by atoms with Crippen LogP contribution in [-0.2, 0) is 0 Å². The molecule has 0 radical (unpaired) electrons. The third-order valence-electron chi connectivity index (χ3n) is 4.83. The average molecular weight is 354 g/mol. The molecule has 0 spiro atoms. The lowest BCUT2D eigenvalue weighted by Gasteiger charge is -2.26. The summed E-state index contributed by atoms with van der Waals surface area (Å²) in [6.45, 7) is 2.83. The maximum atomic E-state index is 10.0. The molecule has 1 N–H and O–H groups in total. The summed E-state index contributed by atoms with van der Waals surface area (Å²) in [4.78, 5) is 7.11. The Balaban J connectivity index is 1.77. The maximum Gasteiger partial charge on any atom is 0.124 e. The fourth-order valence-corrected chi connectivity index (χ4v) is 3.32. The Hall–Kier alpha value is -2.53. The van der Waals surface area contributed by atoms with E-state index in [4.69, 9.17) is 9.47 Å². The maximum absolute atomic E-state index is 10.0. The minimum atomic E-state index is 0.205. The van der Waals surface area contributed by atoms with Gasteiger partial charge in [0.2, 0.25) is 0 Å². The number of nitrogens with zero attached hydrogens (tertiary/aromatic N) is 2. The van der Waals surface area contributed by atoms with Crippen molar-refractivity contribution in [3.05, 3.63) is 53.6 Å². The van der Waals surface area contributed by atoms with E-state index in [9.17, 15) is 5.11 Å². The lowest BCUT2D eigenvalue weighted by Crippen LogP contribution is -2.27. The Bertz CT molecular complexity index is 737. The van der Waals surface area contributed by atoms with E-state index < -0.39 is 0 Å². The van der Waals surface area contributed by atoms with E-state index in [0.29, 0.717) is 17.9 Å². The monoisotopic (exact) mass is 354 g/mol. The number of hydrogen-bond donors (Lipinski definition) is 1. The molecule has 0 amide bonds. The van der Waals surface area contributed by atoms with Crippen LogP contribution in [0.1, 0.15) is 30.0 Å². The highest BCUT2D eigenvalue weighted by Gasteiger charge is 2.23. The van der Waals surface area contributed by atoms with Crippen molar-refractivity contribution < 1.29 is 14.6 Å². The third kappa shape index (κ3) is 4.35. The first-order valence-corrected chi connectivity index (χ1v) is 8.96. The van der Waals surface area contributed by atoms with Crippen LogP contribution in [0.3, 0.4) is 0 Å². The molecule has 0 aromatic heterocycles. The van der Waals surface area contributed by atoms with E-state index in [1.54, 1.807) is 38.6 Å². The summed E-state index contributed by atoms with van der Waals surface area (Å²) in [6.07, 6.45) is 4.19. The molecule has 1 aliphatic rings. The normalized spacial score (nSPS) is 16.1. The van der Waals surface area contributed by atoms with Crippen LogP contribution < -0.4 is 9.47 Å². The molecule has 0 bridgehead atoms. The number of ether oxygens (including phenoxy) is 2. The van der Waals surface area contributed by atoms with Gasteiger partial charge >= 0.3 is 0 Å². The molecule has 3 rings (SSSR count). The predicted molar refractivity (Wildman–Crippen MR) is 104 cm³/mol. The van der Waals surface area contributed by atoms with E-state index in [0.717, 1.165) is 18.8 Å². The van der Waals surface area contributed by atoms with Crippen LogP contribution in [0, 0.1) is 0 Å².